The molecule has 0 aliphatic carbocycles. The van der Waals surface area contributed by atoms with Crippen LogP contribution in [0.2, 0.25) is 0 Å². The molecule has 0 spiro atoms. The van der Waals surface area contributed by atoms with E-state index in [9.17, 15) is 8.42 Å². The van der Waals surface area contributed by atoms with Crippen molar-refractivity contribution in [2.24, 2.45) is 7.05 Å². The minimum Gasteiger partial charge on any atom is -0.339 e. The summed E-state index contributed by atoms with van der Waals surface area (Å²) in [6, 6.07) is 0.143. The number of nitrogens with zero attached hydrogens (tertiary/aromatic N) is 3. The van der Waals surface area contributed by atoms with Crippen LogP contribution in [0, 0.1) is 0 Å². The molecule has 108 valence electrons. The van der Waals surface area contributed by atoms with Crippen molar-refractivity contribution < 1.29 is 8.42 Å². The second-order valence-electron chi connectivity index (χ2n) is 5.13. The number of hydrogen-bond donors (Lipinski definition) is 1. The highest BCUT2D eigenvalue weighted by Gasteiger charge is 2.36. The van der Waals surface area contributed by atoms with Crippen molar-refractivity contribution in [2.45, 2.75) is 43.3 Å². The van der Waals surface area contributed by atoms with Crippen molar-refractivity contribution in [1.82, 2.24) is 19.2 Å². The standard InChI is InChI=1S/C12H22N4O2S/c1-10(13-2)11-6-4-5-7-16(11)19(17,18)12-8-15(3)9-14-12/h8-11,13H,4-7H2,1-3H3. The smallest absolute Gasteiger partial charge is 0.262 e. The molecule has 1 fully saturated rings. The van der Waals surface area contributed by atoms with Gasteiger partial charge in [0, 0.05) is 31.9 Å². The zero-order valence-electron chi connectivity index (χ0n) is 11.7. The van der Waals surface area contributed by atoms with E-state index in [0.29, 0.717) is 6.54 Å². The Labute approximate surface area is 114 Å². The van der Waals surface area contributed by atoms with Crippen LogP contribution in [-0.4, -0.2) is 48.0 Å². The number of aromatic nitrogens is 2. The molecule has 0 radical (unpaired) electrons. The van der Waals surface area contributed by atoms with Gasteiger partial charge in [-0.25, -0.2) is 13.4 Å². The van der Waals surface area contributed by atoms with Gasteiger partial charge in [0.15, 0.2) is 5.03 Å². The number of nitrogens with one attached hydrogen (secondary N) is 1. The maximum Gasteiger partial charge on any atom is 0.262 e. The van der Waals surface area contributed by atoms with Crippen LogP contribution >= 0.6 is 0 Å². The van der Waals surface area contributed by atoms with Crippen molar-refractivity contribution in [3.8, 4) is 0 Å². The highest BCUT2D eigenvalue weighted by molar-refractivity contribution is 7.89. The Balaban J connectivity index is 2.31. The number of likely N-dealkylation sites (N-methyl/N-ethyl adjacent to an activating group) is 1. The summed E-state index contributed by atoms with van der Waals surface area (Å²) in [6.07, 6.45) is 5.97. The Bertz CT molecular complexity index is 526. The predicted molar refractivity (Wildman–Crippen MR) is 73.3 cm³/mol. The van der Waals surface area contributed by atoms with Crippen LogP contribution < -0.4 is 5.32 Å². The van der Waals surface area contributed by atoms with Gasteiger partial charge < -0.3 is 9.88 Å². The molecule has 1 aliphatic rings. The van der Waals surface area contributed by atoms with Crippen LogP contribution in [-0.2, 0) is 17.1 Å². The highest BCUT2D eigenvalue weighted by atomic mass is 32.2. The van der Waals surface area contributed by atoms with Gasteiger partial charge in [0.2, 0.25) is 0 Å². The number of piperidine rings is 1. The maximum absolute atomic E-state index is 12.7. The van der Waals surface area contributed by atoms with Crippen LogP contribution in [0.15, 0.2) is 17.6 Å². The molecule has 1 aromatic heterocycles. The molecule has 0 bridgehead atoms. The average molecular weight is 286 g/mol. The summed E-state index contributed by atoms with van der Waals surface area (Å²) in [5, 5.41) is 3.31. The van der Waals surface area contributed by atoms with Gasteiger partial charge in [0.25, 0.3) is 10.0 Å². The lowest BCUT2D eigenvalue weighted by atomic mass is 9.99. The molecule has 2 rings (SSSR count). The Kier molecular flexibility index (Phi) is 4.27. The predicted octanol–water partition coefficient (Wildman–Crippen LogP) is 0.571. The Hall–Kier alpha value is -0.920. The topological polar surface area (TPSA) is 67.2 Å². The summed E-state index contributed by atoms with van der Waals surface area (Å²) in [7, 11) is 0.156. The highest BCUT2D eigenvalue weighted by Crippen LogP contribution is 2.26. The fourth-order valence-electron chi connectivity index (χ4n) is 2.56. The van der Waals surface area contributed by atoms with Crippen molar-refractivity contribution in [3.05, 3.63) is 12.5 Å². The molecule has 0 saturated carbocycles. The van der Waals surface area contributed by atoms with Gasteiger partial charge in [0.1, 0.15) is 0 Å². The third-order valence-electron chi connectivity index (χ3n) is 3.79. The van der Waals surface area contributed by atoms with E-state index in [-0.39, 0.29) is 17.1 Å². The van der Waals surface area contributed by atoms with Gasteiger partial charge in [-0.1, -0.05) is 6.42 Å². The number of imidazole rings is 1. The normalized spacial score (nSPS) is 23.4. The molecule has 7 heteroatoms. The largest absolute Gasteiger partial charge is 0.339 e. The summed E-state index contributed by atoms with van der Waals surface area (Å²) in [5.41, 5.74) is 0. The molecular formula is C12H22N4O2S. The zero-order chi connectivity index (χ0) is 14.0. The van der Waals surface area contributed by atoms with E-state index in [1.165, 1.54) is 6.33 Å². The number of sulfonamides is 1. The third-order valence-corrected chi connectivity index (χ3v) is 5.60. The molecule has 2 heterocycles. The monoisotopic (exact) mass is 286 g/mol. The average Bonchev–Trinajstić information content (AvgIpc) is 2.85. The van der Waals surface area contributed by atoms with Crippen LogP contribution in [0.3, 0.4) is 0 Å². The van der Waals surface area contributed by atoms with Crippen LogP contribution in [0.4, 0.5) is 0 Å². The van der Waals surface area contributed by atoms with E-state index in [2.05, 4.69) is 10.3 Å². The lowest BCUT2D eigenvalue weighted by Crippen LogP contribution is -2.52. The fourth-order valence-corrected chi connectivity index (χ4v) is 4.30. The van der Waals surface area contributed by atoms with Gasteiger partial charge >= 0.3 is 0 Å². The van der Waals surface area contributed by atoms with Gasteiger partial charge in [-0.3, -0.25) is 0 Å². The van der Waals surface area contributed by atoms with Crippen LogP contribution in [0.1, 0.15) is 26.2 Å². The van der Waals surface area contributed by atoms with Gasteiger partial charge in [0.05, 0.1) is 6.33 Å². The summed E-state index contributed by atoms with van der Waals surface area (Å²) in [6.45, 7) is 2.60. The summed E-state index contributed by atoms with van der Waals surface area (Å²) >= 11 is 0. The van der Waals surface area contributed by atoms with E-state index < -0.39 is 10.0 Å². The van der Waals surface area contributed by atoms with Gasteiger partial charge in [-0.15, -0.1) is 0 Å². The third kappa shape index (κ3) is 2.82. The first-order chi connectivity index (χ1) is 8.96. The van der Waals surface area contributed by atoms with Crippen molar-refractivity contribution >= 4 is 10.0 Å². The van der Waals surface area contributed by atoms with E-state index in [4.69, 9.17) is 0 Å². The number of aryl methyl sites for hydroxylation is 1. The minimum atomic E-state index is -3.48. The first-order valence-electron chi connectivity index (χ1n) is 6.64. The molecule has 0 amide bonds. The molecule has 6 nitrogen and oxygen atoms in total. The summed E-state index contributed by atoms with van der Waals surface area (Å²) in [4.78, 5) is 4.00. The van der Waals surface area contributed by atoms with Crippen LogP contribution in [0.5, 0.6) is 0 Å². The fraction of sp³-hybridized carbons (Fsp3) is 0.750. The van der Waals surface area contributed by atoms with Crippen molar-refractivity contribution in [3.63, 3.8) is 0 Å². The number of hydrogen-bond acceptors (Lipinski definition) is 4. The minimum absolute atomic E-state index is 0.00533. The molecule has 1 N–H and O–H groups in total. The van der Waals surface area contributed by atoms with Crippen molar-refractivity contribution in [2.75, 3.05) is 13.6 Å². The quantitative estimate of drug-likeness (QED) is 0.879. The van der Waals surface area contributed by atoms with E-state index in [1.54, 1.807) is 22.1 Å². The number of rotatable bonds is 4. The lowest BCUT2D eigenvalue weighted by molar-refractivity contribution is 0.213. The van der Waals surface area contributed by atoms with E-state index >= 15 is 0 Å². The molecule has 2 atom stereocenters. The molecule has 2 unspecified atom stereocenters. The Morgan fingerprint density at radius 1 is 1.47 bits per heavy atom. The van der Waals surface area contributed by atoms with E-state index in [0.717, 1.165) is 19.3 Å². The Morgan fingerprint density at radius 2 is 2.21 bits per heavy atom. The molecule has 1 aromatic rings. The molecule has 1 aliphatic heterocycles. The lowest BCUT2D eigenvalue weighted by Gasteiger charge is -2.37. The maximum atomic E-state index is 12.7. The first-order valence-corrected chi connectivity index (χ1v) is 8.08. The van der Waals surface area contributed by atoms with Crippen molar-refractivity contribution in [1.29, 1.82) is 0 Å². The summed E-state index contributed by atoms with van der Waals surface area (Å²) in [5.74, 6) is 0. The Morgan fingerprint density at radius 3 is 2.79 bits per heavy atom. The second-order valence-corrected chi connectivity index (χ2v) is 6.97. The molecule has 1 saturated heterocycles. The summed E-state index contributed by atoms with van der Waals surface area (Å²) < 4.78 is 28.6. The second kappa shape index (κ2) is 5.60. The molecule has 0 aromatic carbocycles. The first kappa shape index (κ1) is 14.5. The molecular weight excluding hydrogens is 264 g/mol. The molecule has 19 heavy (non-hydrogen) atoms. The van der Waals surface area contributed by atoms with Gasteiger partial charge in [-0.2, -0.15) is 4.31 Å². The van der Waals surface area contributed by atoms with Gasteiger partial charge in [-0.05, 0) is 26.8 Å². The van der Waals surface area contributed by atoms with E-state index in [1.807, 2.05) is 14.0 Å². The van der Waals surface area contributed by atoms with Crippen LogP contribution in [0.25, 0.3) is 0 Å². The SMILES string of the molecule is CNC(C)C1CCCCN1S(=O)(=O)c1cn(C)cn1. The zero-order valence-corrected chi connectivity index (χ0v) is 12.5.